The van der Waals surface area contributed by atoms with Gasteiger partial charge in [0.05, 0.1) is 0 Å². The molecule has 4 aromatic carbocycles. The second kappa shape index (κ2) is 9.85. The molecule has 3 aromatic heterocycles. The van der Waals surface area contributed by atoms with Crippen LogP contribution in [-0.2, 0) is 15.1 Å². The maximum atomic E-state index is 5.02. The van der Waals surface area contributed by atoms with Crippen molar-refractivity contribution in [3.8, 4) is 45.6 Å². The molecule has 42 heavy (non-hydrogen) atoms. The van der Waals surface area contributed by atoms with Crippen LogP contribution in [0.1, 0.15) is 0 Å². The summed E-state index contributed by atoms with van der Waals surface area (Å²) in [5, 5.41) is 3.82. The van der Waals surface area contributed by atoms with Crippen LogP contribution < -0.4 is 0 Å². The van der Waals surface area contributed by atoms with Gasteiger partial charge in [-0.3, -0.25) is 0 Å². The average molecular weight is 614 g/mol. The number of H-pyrrole nitrogens is 2. The molecule has 0 unspecified atom stereocenters. The van der Waals surface area contributed by atoms with Crippen LogP contribution in [0.25, 0.3) is 89.7 Å². The van der Waals surface area contributed by atoms with E-state index >= 15 is 0 Å². The minimum atomic E-state index is 0.597. The van der Waals surface area contributed by atoms with Crippen LogP contribution in [0, 0.1) is 0 Å². The fourth-order valence-corrected chi connectivity index (χ4v) is 5.59. The molecule has 0 atom stereocenters. The minimum Gasteiger partial charge on any atom is -0.324 e. The smallest absolute Gasteiger partial charge is 0.164 e. The summed E-state index contributed by atoms with van der Waals surface area (Å²) < 4.78 is 0. The Hall–Kier alpha value is -4.95. The number of hydrogen-bond donors (Lipinski definition) is 2. The van der Waals surface area contributed by atoms with Gasteiger partial charge in [-0.1, -0.05) is 97.1 Å². The largest absolute Gasteiger partial charge is 0.324 e. The summed E-state index contributed by atoms with van der Waals surface area (Å²) in [4.78, 5) is 36.8. The van der Waals surface area contributed by atoms with Crippen molar-refractivity contribution in [2.75, 3.05) is 0 Å². The quantitative estimate of drug-likeness (QED) is 0.171. The first-order chi connectivity index (χ1) is 20.8. The Balaban J connectivity index is 0.00000131. The van der Waals surface area contributed by atoms with Crippen LogP contribution in [0.5, 0.6) is 0 Å². The molecule has 0 fully saturated rings. The predicted octanol–water partition coefficient (Wildman–Crippen LogP) is 7.56. The third kappa shape index (κ3) is 3.83. The molecule has 0 saturated carbocycles. The van der Waals surface area contributed by atoms with E-state index in [4.69, 9.17) is 29.9 Å². The Bertz CT molecular complexity index is 2040. The molecule has 2 N–H and O–H groups in total. The summed E-state index contributed by atoms with van der Waals surface area (Å²) in [5.41, 5.74) is 6.45. The summed E-state index contributed by atoms with van der Waals surface area (Å²) >= 11 is 3.66. The number of aromatic nitrogens is 8. The molecule has 9 rings (SSSR count). The second-order valence-electron chi connectivity index (χ2n) is 9.79. The number of benzene rings is 4. The minimum absolute atomic E-state index is 0.597. The molecule has 0 saturated heterocycles. The standard InChI is InChI=1S/C32H18N8.ClH.Cu/c1-2-10-18-17(9-1)25-33-26(18)38-28-21-13-5-6-14-22(21)30(35-28)40-32-24-16-8-7-15-23(24)31(36-32)39-29-20-12-4-3-11-19(20)27(34-29)37-25;;/h1-16H,(H2,33,34,35,36,37,38,39,40);1H;/q;;+1/p-1. The zero-order valence-corrected chi connectivity index (χ0v) is 23.3. The first-order valence-electron chi connectivity index (χ1n) is 13.1. The molecular weight excluding hydrogens is 595 g/mol. The molecule has 7 aromatic rings. The monoisotopic (exact) mass is 612 g/mol. The van der Waals surface area contributed by atoms with Gasteiger partial charge in [-0.25, -0.2) is 29.9 Å². The average Bonchev–Trinajstić information content (AvgIpc) is 3.78. The normalized spacial score (nSPS) is 11.6. The zero-order valence-electron chi connectivity index (χ0n) is 21.6. The van der Waals surface area contributed by atoms with E-state index in [9.17, 15) is 0 Å². The first kappa shape index (κ1) is 24.8. The predicted molar refractivity (Wildman–Crippen MR) is 162 cm³/mol. The van der Waals surface area contributed by atoms with Gasteiger partial charge in [0.15, 0.2) is 23.3 Å². The summed E-state index contributed by atoms with van der Waals surface area (Å²) in [7, 11) is 4.20. The Kier molecular flexibility index (Phi) is 5.82. The summed E-state index contributed by atoms with van der Waals surface area (Å²) in [6.07, 6.45) is 0. The van der Waals surface area contributed by atoms with Crippen molar-refractivity contribution in [2.24, 2.45) is 0 Å². The van der Waals surface area contributed by atoms with E-state index in [-0.39, 0.29) is 0 Å². The van der Waals surface area contributed by atoms with Gasteiger partial charge in [-0.05, 0) is 0 Å². The molecule has 8 bridgehead atoms. The second-order valence-corrected chi connectivity index (χ2v) is 9.79. The number of fused-ring (bicyclic) bond motifs is 20. The summed E-state index contributed by atoms with van der Waals surface area (Å²) in [5.74, 6) is 2.39. The van der Waals surface area contributed by atoms with Gasteiger partial charge in [0, 0.05) is 43.8 Å². The van der Waals surface area contributed by atoms with Crippen molar-refractivity contribution >= 4 is 54.2 Å². The topological polar surface area (TPSA) is 109 Å². The maximum Gasteiger partial charge on any atom is 0.164 e. The van der Waals surface area contributed by atoms with Crippen LogP contribution in [0.15, 0.2) is 97.1 Å². The summed E-state index contributed by atoms with van der Waals surface area (Å²) in [6, 6.07) is 32.2. The van der Waals surface area contributed by atoms with Crippen molar-refractivity contribution < 1.29 is 15.1 Å². The Morgan fingerprint density at radius 2 is 0.595 bits per heavy atom. The van der Waals surface area contributed by atoms with Gasteiger partial charge >= 0.3 is 25.2 Å². The molecule has 0 spiro atoms. The van der Waals surface area contributed by atoms with Gasteiger partial charge < -0.3 is 9.97 Å². The van der Waals surface area contributed by atoms with Crippen LogP contribution >= 0.6 is 10.1 Å². The molecule has 204 valence electrons. The van der Waals surface area contributed by atoms with E-state index < -0.39 is 0 Å². The Morgan fingerprint density at radius 1 is 0.357 bits per heavy atom. The van der Waals surface area contributed by atoms with Crippen molar-refractivity contribution in [3.63, 3.8) is 0 Å². The summed E-state index contributed by atoms with van der Waals surface area (Å²) in [6.45, 7) is 0. The number of hydrogen-bond acceptors (Lipinski definition) is 6. The van der Waals surface area contributed by atoms with Crippen LogP contribution in [0.3, 0.4) is 0 Å². The Morgan fingerprint density at radius 3 is 0.857 bits per heavy atom. The van der Waals surface area contributed by atoms with Gasteiger partial charge in [0.25, 0.3) is 0 Å². The molecule has 2 aliphatic heterocycles. The molecule has 10 heteroatoms. The van der Waals surface area contributed by atoms with E-state index in [1.165, 1.54) is 0 Å². The van der Waals surface area contributed by atoms with E-state index in [0.717, 1.165) is 43.8 Å². The maximum absolute atomic E-state index is 5.02. The third-order valence-corrected chi connectivity index (χ3v) is 7.46. The van der Waals surface area contributed by atoms with Crippen molar-refractivity contribution in [3.05, 3.63) is 97.1 Å². The molecule has 8 nitrogen and oxygen atoms in total. The molecule has 0 amide bonds. The van der Waals surface area contributed by atoms with E-state index in [1.54, 1.807) is 0 Å². The SMILES string of the molecule is [Cl][Cu].c1ccc2c(c1)-c1nc-2nc2[nH]c(nc3nc(nc4[nH]c(n1)c1ccccc41)-c1ccccc1-3)c1ccccc21. The molecular formula is C32H18ClCuN8. The number of aromatic amines is 2. The van der Waals surface area contributed by atoms with E-state index in [1.807, 2.05) is 97.1 Å². The van der Waals surface area contributed by atoms with Crippen LogP contribution in [0.2, 0.25) is 0 Å². The Labute approximate surface area is 251 Å². The number of nitrogens with one attached hydrogen (secondary N) is 2. The number of halogens is 1. The number of rotatable bonds is 0. The third-order valence-electron chi connectivity index (χ3n) is 7.46. The van der Waals surface area contributed by atoms with Crippen LogP contribution in [-0.4, -0.2) is 39.9 Å². The molecule has 0 radical (unpaired) electrons. The molecule has 0 aliphatic carbocycles. The van der Waals surface area contributed by atoms with Crippen LogP contribution in [0.4, 0.5) is 0 Å². The van der Waals surface area contributed by atoms with Gasteiger partial charge in [-0.15, -0.1) is 0 Å². The number of nitrogens with zero attached hydrogens (tertiary/aromatic N) is 6. The van der Waals surface area contributed by atoms with E-state index in [0.29, 0.717) is 45.9 Å². The van der Waals surface area contributed by atoms with Gasteiger partial charge in [0.2, 0.25) is 0 Å². The van der Waals surface area contributed by atoms with Crippen molar-refractivity contribution in [1.29, 1.82) is 0 Å². The first-order valence-corrected chi connectivity index (χ1v) is 14.4. The van der Waals surface area contributed by atoms with Crippen molar-refractivity contribution in [2.45, 2.75) is 0 Å². The van der Waals surface area contributed by atoms with Crippen molar-refractivity contribution in [1.82, 2.24) is 39.9 Å². The molecule has 5 heterocycles. The fourth-order valence-electron chi connectivity index (χ4n) is 5.59. The fraction of sp³-hybridized carbons (Fsp3) is 0. The van der Waals surface area contributed by atoms with Gasteiger partial charge in [0.1, 0.15) is 22.6 Å². The van der Waals surface area contributed by atoms with E-state index in [2.05, 4.69) is 35.2 Å². The zero-order chi connectivity index (χ0) is 28.2. The molecule has 2 aliphatic rings. The van der Waals surface area contributed by atoms with Gasteiger partial charge in [-0.2, -0.15) is 0 Å².